The number of hydrogen-bond acceptors (Lipinski definition) is 6. The molecule has 0 bridgehead atoms. The predicted octanol–water partition coefficient (Wildman–Crippen LogP) is 1.51. The first-order valence-corrected chi connectivity index (χ1v) is 5.10. The number of nitrogens with zero attached hydrogens (tertiary/aromatic N) is 2. The monoisotopic (exact) mass is 224 g/mol. The molecule has 0 aliphatic heterocycles. The van der Waals surface area contributed by atoms with Crippen LogP contribution in [0.2, 0.25) is 0 Å². The molecule has 0 radical (unpaired) electrons. The van der Waals surface area contributed by atoms with Gasteiger partial charge in [0.1, 0.15) is 6.42 Å². The number of thiophene rings is 1. The normalized spacial score (nSPS) is 10.2. The lowest BCUT2D eigenvalue weighted by Gasteiger charge is -1.92. The molecule has 0 fully saturated rings. The Balaban J connectivity index is 2.14. The summed E-state index contributed by atoms with van der Waals surface area (Å²) in [7, 11) is 1.32. The van der Waals surface area contributed by atoms with Gasteiger partial charge in [0.05, 0.1) is 12.0 Å². The molecular weight excluding hydrogens is 216 g/mol. The van der Waals surface area contributed by atoms with E-state index in [9.17, 15) is 4.79 Å². The molecule has 15 heavy (non-hydrogen) atoms. The Morgan fingerprint density at radius 2 is 2.47 bits per heavy atom. The van der Waals surface area contributed by atoms with Crippen molar-refractivity contribution in [3.05, 3.63) is 23.4 Å². The number of hydrogen-bond donors (Lipinski definition) is 0. The third kappa shape index (κ3) is 2.21. The summed E-state index contributed by atoms with van der Waals surface area (Å²) in [6.45, 7) is 0. The number of ether oxygens (including phenoxy) is 1. The second-order valence-electron chi connectivity index (χ2n) is 2.73. The van der Waals surface area contributed by atoms with Gasteiger partial charge in [0.25, 0.3) is 5.89 Å². The van der Waals surface area contributed by atoms with E-state index < -0.39 is 5.97 Å². The molecule has 0 N–H and O–H groups in total. The highest BCUT2D eigenvalue weighted by atomic mass is 32.1. The Kier molecular flexibility index (Phi) is 2.77. The molecule has 0 atom stereocenters. The van der Waals surface area contributed by atoms with Gasteiger partial charge in [-0.25, -0.2) is 0 Å². The second kappa shape index (κ2) is 4.22. The lowest BCUT2D eigenvalue weighted by molar-refractivity contribution is -0.140. The highest BCUT2D eigenvalue weighted by molar-refractivity contribution is 7.13. The number of rotatable bonds is 3. The van der Waals surface area contributed by atoms with Gasteiger partial charge in [0.15, 0.2) is 0 Å². The van der Waals surface area contributed by atoms with E-state index >= 15 is 0 Å². The summed E-state index contributed by atoms with van der Waals surface area (Å²) < 4.78 is 9.78. The minimum atomic E-state index is -0.392. The highest BCUT2D eigenvalue weighted by Gasteiger charge is 2.12. The van der Waals surface area contributed by atoms with Crippen LogP contribution in [0.4, 0.5) is 0 Å². The van der Waals surface area contributed by atoms with E-state index in [1.165, 1.54) is 18.4 Å². The smallest absolute Gasteiger partial charge is 0.315 e. The Morgan fingerprint density at radius 1 is 1.60 bits per heavy atom. The summed E-state index contributed by atoms with van der Waals surface area (Å²) in [4.78, 5) is 11.8. The fraction of sp³-hybridized carbons (Fsp3) is 0.222. The minimum absolute atomic E-state index is 0.00880. The van der Waals surface area contributed by atoms with Crippen molar-refractivity contribution in [3.63, 3.8) is 0 Å². The number of methoxy groups -OCH3 is 1. The van der Waals surface area contributed by atoms with Gasteiger partial charge in [-0.15, -0.1) is 21.5 Å². The van der Waals surface area contributed by atoms with Gasteiger partial charge in [0, 0.05) is 0 Å². The number of carbonyl (C=O) groups excluding carboxylic acids is 1. The molecule has 2 aromatic heterocycles. The van der Waals surface area contributed by atoms with Crippen molar-refractivity contribution >= 4 is 17.3 Å². The van der Waals surface area contributed by atoms with Gasteiger partial charge in [0.2, 0.25) is 5.89 Å². The predicted molar refractivity (Wildman–Crippen MR) is 53.3 cm³/mol. The van der Waals surface area contributed by atoms with Crippen LogP contribution in [0, 0.1) is 0 Å². The van der Waals surface area contributed by atoms with Gasteiger partial charge in [-0.3, -0.25) is 4.79 Å². The van der Waals surface area contributed by atoms with E-state index in [-0.39, 0.29) is 12.3 Å². The largest absolute Gasteiger partial charge is 0.469 e. The van der Waals surface area contributed by atoms with Crippen LogP contribution < -0.4 is 0 Å². The van der Waals surface area contributed by atoms with Crippen molar-refractivity contribution in [1.29, 1.82) is 0 Å². The van der Waals surface area contributed by atoms with E-state index in [2.05, 4.69) is 14.9 Å². The van der Waals surface area contributed by atoms with Crippen LogP contribution in [-0.4, -0.2) is 23.3 Å². The first-order valence-electron chi connectivity index (χ1n) is 4.22. The van der Waals surface area contributed by atoms with Gasteiger partial charge in [-0.05, 0) is 11.4 Å². The van der Waals surface area contributed by atoms with Gasteiger partial charge < -0.3 is 9.15 Å². The fourth-order valence-electron chi connectivity index (χ4n) is 1.02. The Hall–Kier alpha value is -1.69. The molecule has 0 amide bonds. The van der Waals surface area contributed by atoms with Crippen molar-refractivity contribution in [3.8, 4) is 10.8 Å². The summed E-state index contributed by atoms with van der Waals surface area (Å²) in [5.41, 5.74) is 0. The van der Waals surface area contributed by atoms with Crippen LogP contribution in [0.5, 0.6) is 0 Å². The molecule has 78 valence electrons. The van der Waals surface area contributed by atoms with Gasteiger partial charge in [-0.1, -0.05) is 6.07 Å². The van der Waals surface area contributed by atoms with Crippen molar-refractivity contribution in [1.82, 2.24) is 10.2 Å². The molecule has 0 aromatic carbocycles. The van der Waals surface area contributed by atoms with E-state index in [4.69, 9.17) is 4.42 Å². The molecule has 6 heteroatoms. The van der Waals surface area contributed by atoms with Crippen LogP contribution in [-0.2, 0) is 16.0 Å². The maximum atomic E-state index is 10.9. The molecule has 2 aromatic rings. The maximum absolute atomic E-state index is 10.9. The third-order valence-electron chi connectivity index (χ3n) is 1.72. The standard InChI is InChI=1S/C9H8N2O3S/c1-13-8(12)5-7-10-11-9(14-7)6-3-2-4-15-6/h2-4H,5H2,1H3. The number of aromatic nitrogens is 2. The Labute approximate surface area is 89.7 Å². The van der Waals surface area contributed by atoms with Crippen LogP contribution in [0.1, 0.15) is 5.89 Å². The van der Waals surface area contributed by atoms with Crippen molar-refractivity contribution in [2.24, 2.45) is 0 Å². The molecule has 2 heterocycles. The van der Waals surface area contributed by atoms with Gasteiger partial charge in [-0.2, -0.15) is 0 Å². The first-order chi connectivity index (χ1) is 7.29. The average molecular weight is 224 g/mol. The SMILES string of the molecule is COC(=O)Cc1nnc(-c2cccs2)o1. The molecule has 0 saturated carbocycles. The maximum Gasteiger partial charge on any atom is 0.315 e. The van der Waals surface area contributed by atoms with Crippen molar-refractivity contribution in [2.75, 3.05) is 7.11 Å². The molecule has 2 rings (SSSR count). The molecule has 0 unspecified atom stereocenters. The van der Waals surface area contributed by atoms with Crippen molar-refractivity contribution < 1.29 is 13.9 Å². The molecule has 0 aliphatic rings. The highest BCUT2D eigenvalue weighted by Crippen LogP contribution is 2.22. The average Bonchev–Trinajstić information content (AvgIpc) is 2.85. The van der Waals surface area contributed by atoms with Gasteiger partial charge >= 0.3 is 5.97 Å². The van der Waals surface area contributed by atoms with Crippen molar-refractivity contribution in [2.45, 2.75) is 6.42 Å². The lowest BCUT2D eigenvalue weighted by Crippen LogP contribution is -2.04. The van der Waals surface area contributed by atoms with Crippen LogP contribution in [0.25, 0.3) is 10.8 Å². The zero-order valence-corrected chi connectivity index (χ0v) is 8.78. The number of esters is 1. The molecule has 0 aliphatic carbocycles. The molecular formula is C9H8N2O3S. The summed E-state index contributed by atoms with van der Waals surface area (Å²) in [5.74, 6) is 0.311. The molecule has 0 saturated heterocycles. The Bertz CT molecular complexity index is 450. The topological polar surface area (TPSA) is 65.2 Å². The first kappa shape index (κ1) is 9.85. The summed E-state index contributed by atoms with van der Waals surface area (Å²) in [5, 5.41) is 9.50. The zero-order valence-electron chi connectivity index (χ0n) is 7.97. The summed E-state index contributed by atoms with van der Waals surface area (Å²) in [6, 6.07) is 3.77. The second-order valence-corrected chi connectivity index (χ2v) is 3.68. The third-order valence-corrected chi connectivity index (χ3v) is 2.58. The van der Waals surface area contributed by atoms with Crippen LogP contribution in [0.3, 0.4) is 0 Å². The molecule has 5 nitrogen and oxygen atoms in total. The quantitative estimate of drug-likeness (QED) is 0.739. The lowest BCUT2D eigenvalue weighted by atomic mass is 10.4. The van der Waals surface area contributed by atoms with E-state index in [1.807, 2.05) is 17.5 Å². The fourth-order valence-corrected chi connectivity index (χ4v) is 1.66. The zero-order chi connectivity index (χ0) is 10.7. The van der Waals surface area contributed by atoms with E-state index in [0.29, 0.717) is 5.89 Å². The minimum Gasteiger partial charge on any atom is -0.469 e. The summed E-state index contributed by atoms with van der Waals surface area (Å²) >= 11 is 1.50. The Morgan fingerprint density at radius 3 is 3.13 bits per heavy atom. The van der Waals surface area contributed by atoms with E-state index in [1.54, 1.807) is 0 Å². The molecule has 0 spiro atoms. The summed E-state index contributed by atoms with van der Waals surface area (Å²) in [6.07, 6.45) is 0.00880. The van der Waals surface area contributed by atoms with E-state index in [0.717, 1.165) is 4.88 Å². The van der Waals surface area contributed by atoms with Crippen LogP contribution in [0.15, 0.2) is 21.9 Å². The van der Waals surface area contributed by atoms with Crippen LogP contribution >= 0.6 is 11.3 Å². The number of carbonyl (C=O) groups is 1.